The van der Waals surface area contributed by atoms with Crippen molar-refractivity contribution in [1.82, 2.24) is 4.98 Å². The van der Waals surface area contributed by atoms with E-state index in [-0.39, 0.29) is 6.04 Å². The molecule has 0 aromatic carbocycles. The third-order valence-corrected chi connectivity index (χ3v) is 1.51. The smallest absolute Gasteiger partial charge is 0.106 e. The lowest BCUT2D eigenvalue weighted by Crippen LogP contribution is -2.06. The van der Waals surface area contributed by atoms with Crippen LogP contribution in [0, 0.1) is 0 Å². The zero-order valence-corrected chi connectivity index (χ0v) is 6.23. The summed E-state index contributed by atoms with van der Waals surface area (Å²) < 4.78 is 0. The number of aromatic amines is 1. The third kappa shape index (κ3) is 1.40. The van der Waals surface area contributed by atoms with Gasteiger partial charge in [0, 0.05) is 5.69 Å². The molecule has 54 valence electrons. The Morgan fingerprint density at radius 3 is 2.80 bits per heavy atom. The summed E-state index contributed by atoms with van der Waals surface area (Å²) in [6.45, 7) is 3.56. The van der Waals surface area contributed by atoms with Gasteiger partial charge in [-0.05, 0) is 12.1 Å². The van der Waals surface area contributed by atoms with E-state index in [1.54, 1.807) is 12.1 Å². The van der Waals surface area contributed by atoms with Crippen LogP contribution in [0.1, 0.15) is 11.7 Å². The van der Waals surface area contributed by atoms with Gasteiger partial charge in [-0.2, -0.15) is 0 Å². The van der Waals surface area contributed by atoms with E-state index < -0.39 is 0 Å². The lowest BCUT2D eigenvalue weighted by Gasteiger charge is -2.00. The van der Waals surface area contributed by atoms with E-state index in [1.165, 1.54) is 0 Å². The monoisotopic (exact) mass is 156 g/mol. The van der Waals surface area contributed by atoms with Crippen LogP contribution in [0.2, 0.25) is 5.15 Å². The average molecular weight is 157 g/mol. The van der Waals surface area contributed by atoms with Gasteiger partial charge >= 0.3 is 0 Å². The molecule has 0 aliphatic carbocycles. The highest BCUT2D eigenvalue weighted by molar-refractivity contribution is 6.29. The molecule has 3 N–H and O–H groups in total. The molecule has 0 saturated carbocycles. The zero-order valence-electron chi connectivity index (χ0n) is 5.47. The Hall–Kier alpha value is -0.730. The second-order valence-corrected chi connectivity index (χ2v) is 2.43. The van der Waals surface area contributed by atoms with E-state index in [1.807, 2.05) is 6.07 Å². The molecule has 0 aliphatic rings. The normalized spacial score (nSPS) is 13.0. The molecule has 0 spiro atoms. The zero-order chi connectivity index (χ0) is 7.56. The molecule has 1 aromatic rings. The maximum absolute atomic E-state index is 5.62. The van der Waals surface area contributed by atoms with Crippen LogP contribution in [0.15, 0.2) is 24.8 Å². The minimum Gasteiger partial charge on any atom is -0.348 e. The lowest BCUT2D eigenvalue weighted by molar-refractivity contribution is 0.876. The van der Waals surface area contributed by atoms with Crippen LogP contribution in [-0.4, -0.2) is 4.98 Å². The summed E-state index contributed by atoms with van der Waals surface area (Å²) in [6.07, 6.45) is 1.65. The number of aromatic nitrogens is 1. The summed E-state index contributed by atoms with van der Waals surface area (Å²) in [6, 6.07) is 3.46. The molecule has 1 unspecified atom stereocenters. The largest absolute Gasteiger partial charge is 0.348 e. The van der Waals surface area contributed by atoms with E-state index in [0.29, 0.717) is 5.15 Å². The minimum absolute atomic E-state index is 0.146. The molecule has 1 heterocycles. The maximum Gasteiger partial charge on any atom is 0.106 e. The molecule has 0 fully saturated rings. The summed E-state index contributed by atoms with van der Waals surface area (Å²) in [5.74, 6) is 0. The van der Waals surface area contributed by atoms with Crippen molar-refractivity contribution in [3.05, 3.63) is 35.6 Å². The summed E-state index contributed by atoms with van der Waals surface area (Å²) in [4.78, 5) is 2.90. The number of rotatable bonds is 2. The fourth-order valence-electron chi connectivity index (χ4n) is 0.706. The molecular weight excluding hydrogens is 148 g/mol. The minimum atomic E-state index is -0.146. The van der Waals surface area contributed by atoms with Crippen LogP contribution in [-0.2, 0) is 0 Å². The Balaban J connectivity index is 2.84. The number of nitrogens with two attached hydrogens (primary N) is 1. The van der Waals surface area contributed by atoms with Crippen molar-refractivity contribution in [1.29, 1.82) is 0 Å². The molecule has 0 amide bonds. The summed E-state index contributed by atoms with van der Waals surface area (Å²) >= 11 is 5.62. The number of hydrogen-bond acceptors (Lipinski definition) is 1. The number of hydrogen-bond donors (Lipinski definition) is 2. The highest BCUT2D eigenvalue weighted by Gasteiger charge is 2.01. The van der Waals surface area contributed by atoms with Gasteiger partial charge in [0.2, 0.25) is 0 Å². The van der Waals surface area contributed by atoms with Crippen molar-refractivity contribution in [2.24, 2.45) is 5.73 Å². The van der Waals surface area contributed by atoms with E-state index in [9.17, 15) is 0 Å². The molecule has 1 rings (SSSR count). The number of halogens is 1. The first-order valence-corrected chi connectivity index (χ1v) is 3.34. The van der Waals surface area contributed by atoms with Gasteiger partial charge in [0.25, 0.3) is 0 Å². The van der Waals surface area contributed by atoms with Crippen LogP contribution in [0.5, 0.6) is 0 Å². The van der Waals surface area contributed by atoms with Crippen molar-refractivity contribution >= 4 is 11.6 Å². The first-order chi connectivity index (χ1) is 4.74. The van der Waals surface area contributed by atoms with Gasteiger partial charge in [-0.15, -0.1) is 6.58 Å². The van der Waals surface area contributed by atoms with Gasteiger partial charge < -0.3 is 10.7 Å². The van der Waals surface area contributed by atoms with Crippen LogP contribution < -0.4 is 5.73 Å². The van der Waals surface area contributed by atoms with Crippen LogP contribution >= 0.6 is 11.6 Å². The molecular formula is C7H9ClN2. The maximum atomic E-state index is 5.62. The van der Waals surface area contributed by atoms with Crippen molar-refractivity contribution < 1.29 is 0 Å². The first kappa shape index (κ1) is 7.38. The Bertz CT molecular complexity index is 229. The van der Waals surface area contributed by atoms with Gasteiger partial charge in [0.15, 0.2) is 0 Å². The molecule has 0 saturated heterocycles. The van der Waals surface area contributed by atoms with Gasteiger partial charge in [0.05, 0.1) is 6.04 Å². The first-order valence-electron chi connectivity index (χ1n) is 2.96. The summed E-state index contributed by atoms with van der Waals surface area (Å²) in [5.41, 5.74) is 6.49. The third-order valence-electron chi connectivity index (χ3n) is 1.29. The predicted molar refractivity (Wildman–Crippen MR) is 42.9 cm³/mol. The molecule has 1 aromatic heterocycles. The summed E-state index contributed by atoms with van der Waals surface area (Å²) in [7, 11) is 0. The molecule has 0 radical (unpaired) electrons. The van der Waals surface area contributed by atoms with E-state index in [4.69, 9.17) is 17.3 Å². The standard InChI is InChI=1S/C7H9ClN2/c1-2-5(9)6-3-4-7(8)10-6/h2-5,10H,1,9H2. The van der Waals surface area contributed by atoms with Crippen molar-refractivity contribution in [2.45, 2.75) is 6.04 Å². The predicted octanol–water partition coefficient (Wildman–Crippen LogP) is 1.85. The van der Waals surface area contributed by atoms with Crippen LogP contribution in [0.3, 0.4) is 0 Å². The Morgan fingerprint density at radius 1 is 1.70 bits per heavy atom. The molecule has 10 heavy (non-hydrogen) atoms. The highest BCUT2D eigenvalue weighted by Crippen LogP contribution is 2.13. The van der Waals surface area contributed by atoms with Gasteiger partial charge in [-0.1, -0.05) is 17.7 Å². The van der Waals surface area contributed by atoms with Gasteiger partial charge in [0.1, 0.15) is 5.15 Å². The average Bonchev–Trinajstić information content (AvgIpc) is 2.34. The SMILES string of the molecule is C=CC(N)c1ccc(Cl)[nH]1. The van der Waals surface area contributed by atoms with Crippen molar-refractivity contribution in [3.8, 4) is 0 Å². The van der Waals surface area contributed by atoms with Crippen molar-refractivity contribution in [2.75, 3.05) is 0 Å². The second-order valence-electron chi connectivity index (χ2n) is 2.02. The second kappa shape index (κ2) is 2.90. The lowest BCUT2D eigenvalue weighted by atomic mass is 10.2. The van der Waals surface area contributed by atoms with Crippen LogP contribution in [0.4, 0.5) is 0 Å². The Kier molecular flexibility index (Phi) is 2.14. The van der Waals surface area contributed by atoms with Gasteiger partial charge in [-0.25, -0.2) is 0 Å². The molecule has 0 aliphatic heterocycles. The quantitative estimate of drug-likeness (QED) is 0.631. The van der Waals surface area contributed by atoms with Crippen LogP contribution in [0.25, 0.3) is 0 Å². The molecule has 3 heteroatoms. The Labute approximate surface area is 64.7 Å². The molecule has 1 atom stereocenters. The topological polar surface area (TPSA) is 41.8 Å². The summed E-state index contributed by atoms with van der Waals surface area (Å²) in [5, 5.41) is 0.604. The van der Waals surface area contributed by atoms with Crippen molar-refractivity contribution in [3.63, 3.8) is 0 Å². The number of nitrogens with one attached hydrogen (secondary N) is 1. The Morgan fingerprint density at radius 2 is 2.40 bits per heavy atom. The van der Waals surface area contributed by atoms with E-state index in [0.717, 1.165) is 5.69 Å². The van der Waals surface area contributed by atoms with Gasteiger partial charge in [-0.3, -0.25) is 0 Å². The fraction of sp³-hybridized carbons (Fsp3) is 0.143. The molecule has 0 bridgehead atoms. The highest BCUT2D eigenvalue weighted by atomic mass is 35.5. The molecule has 2 nitrogen and oxygen atoms in total. The van der Waals surface area contributed by atoms with E-state index >= 15 is 0 Å². The fourth-order valence-corrected chi connectivity index (χ4v) is 0.878. The van der Waals surface area contributed by atoms with E-state index in [2.05, 4.69) is 11.6 Å². The number of H-pyrrole nitrogens is 1.